The molecule has 0 atom stereocenters. The molecule has 4 nitrogen and oxygen atoms in total. The lowest BCUT2D eigenvalue weighted by atomic mass is 10.1. The van der Waals surface area contributed by atoms with E-state index in [0.29, 0.717) is 13.1 Å². The monoisotopic (exact) mass is 183 g/mol. The van der Waals surface area contributed by atoms with Gasteiger partial charge in [0.15, 0.2) is 0 Å². The fourth-order valence-electron chi connectivity index (χ4n) is 1.30. The number of nitrogens with zero attached hydrogens (tertiary/aromatic N) is 1. The molecule has 0 spiro atoms. The summed E-state index contributed by atoms with van der Waals surface area (Å²) in [4.78, 5) is 23.7. The fourth-order valence-corrected chi connectivity index (χ4v) is 1.30. The quantitative estimate of drug-likeness (QED) is 0.309. The molecule has 0 N–H and O–H groups in total. The van der Waals surface area contributed by atoms with Gasteiger partial charge in [-0.25, -0.2) is 4.79 Å². The number of carbonyl (C=O) groups is 2. The molecule has 1 aliphatic rings. The van der Waals surface area contributed by atoms with Crippen LogP contribution in [0.4, 0.5) is 0 Å². The minimum absolute atomic E-state index is 0.536. The van der Waals surface area contributed by atoms with Crippen molar-refractivity contribution in [1.29, 1.82) is 0 Å². The second kappa shape index (κ2) is 4.07. The molecule has 0 aromatic carbocycles. The predicted molar refractivity (Wildman–Crippen MR) is 47.0 cm³/mol. The largest absolute Gasteiger partial charge is 0.462 e. The van der Waals surface area contributed by atoms with Gasteiger partial charge < -0.3 is 9.64 Å². The Hall–Kier alpha value is -1.32. The maximum atomic E-state index is 11.3. The first-order valence-electron chi connectivity index (χ1n) is 4.18. The van der Waals surface area contributed by atoms with Crippen molar-refractivity contribution < 1.29 is 14.3 Å². The van der Waals surface area contributed by atoms with Crippen molar-refractivity contribution in [2.24, 2.45) is 0 Å². The summed E-state index contributed by atoms with van der Waals surface area (Å²) in [6.45, 7) is 3.08. The molecule has 0 bridgehead atoms. The molecule has 1 heterocycles. The molecule has 1 rings (SSSR count). The molecule has 0 aliphatic carbocycles. The summed E-state index contributed by atoms with van der Waals surface area (Å²) in [5.74, 6) is -1.33. The van der Waals surface area contributed by atoms with Gasteiger partial charge in [-0.05, 0) is 13.3 Å². The fraction of sp³-hybridized carbons (Fsp3) is 0.556. The van der Waals surface area contributed by atoms with Crippen LogP contribution in [0.3, 0.4) is 0 Å². The number of ether oxygens (including phenoxy) is 1. The van der Waals surface area contributed by atoms with Crippen LogP contribution in [0.1, 0.15) is 13.3 Å². The molecule has 72 valence electrons. The van der Waals surface area contributed by atoms with E-state index in [0.717, 1.165) is 12.0 Å². The third kappa shape index (κ3) is 2.31. The summed E-state index contributed by atoms with van der Waals surface area (Å²) in [7, 11) is 1.22. The first kappa shape index (κ1) is 9.77. The summed E-state index contributed by atoms with van der Waals surface area (Å²) in [5, 5.41) is 0. The number of hydrogen-bond acceptors (Lipinski definition) is 3. The maximum Gasteiger partial charge on any atom is 0.396 e. The van der Waals surface area contributed by atoms with E-state index >= 15 is 0 Å². The van der Waals surface area contributed by atoms with Crippen molar-refractivity contribution in [3.8, 4) is 0 Å². The molecule has 0 saturated heterocycles. The minimum Gasteiger partial charge on any atom is -0.462 e. The number of amides is 1. The van der Waals surface area contributed by atoms with E-state index in [9.17, 15) is 9.59 Å². The minimum atomic E-state index is -0.783. The molecular weight excluding hydrogens is 170 g/mol. The van der Waals surface area contributed by atoms with Crippen molar-refractivity contribution in [3.05, 3.63) is 11.6 Å². The topological polar surface area (TPSA) is 46.6 Å². The van der Waals surface area contributed by atoms with Crippen molar-refractivity contribution >= 4 is 11.9 Å². The van der Waals surface area contributed by atoms with E-state index in [1.54, 1.807) is 0 Å². The van der Waals surface area contributed by atoms with Gasteiger partial charge in [-0.3, -0.25) is 4.79 Å². The third-order valence-electron chi connectivity index (χ3n) is 1.98. The molecule has 13 heavy (non-hydrogen) atoms. The SMILES string of the molecule is COC(=O)C(=O)N1CCC=C(C)C1. The second-order valence-electron chi connectivity index (χ2n) is 3.06. The molecule has 0 saturated carbocycles. The van der Waals surface area contributed by atoms with E-state index in [4.69, 9.17) is 0 Å². The summed E-state index contributed by atoms with van der Waals surface area (Å²) in [6, 6.07) is 0. The van der Waals surface area contributed by atoms with Crippen LogP contribution >= 0.6 is 0 Å². The van der Waals surface area contributed by atoms with Crippen LogP contribution in [0.15, 0.2) is 11.6 Å². The Labute approximate surface area is 77.2 Å². The van der Waals surface area contributed by atoms with E-state index in [2.05, 4.69) is 10.8 Å². The summed E-state index contributed by atoms with van der Waals surface area (Å²) >= 11 is 0. The lowest BCUT2D eigenvalue weighted by Crippen LogP contribution is -2.40. The summed E-state index contributed by atoms with van der Waals surface area (Å²) in [5.41, 5.74) is 1.11. The van der Waals surface area contributed by atoms with E-state index in [-0.39, 0.29) is 0 Å². The number of carbonyl (C=O) groups excluding carboxylic acids is 2. The van der Waals surface area contributed by atoms with Crippen molar-refractivity contribution in [2.45, 2.75) is 13.3 Å². The number of methoxy groups -OCH3 is 1. The Kier molecular flexibility index (Phi) is 3.06. The molecule has 1 aliphatic heterocycles. The van der Waals surface area contributed by atoms with Crippen LogP contribution in [0.25, 0.3) is 0 Å². The standard InChI is InChI=1S/C9H13NO3/c1-7-4-3-5-10(6-7)8(11)9(12)13-2/h4H,3,5-6H2,1-2H3. The van der Waals surface area contributed by atoms with Gasteiger partial charge in [-0.15, -0.1) is 0 Å². The smallest absolute Gasteiger partial charge is 0.396 e. The van der Waals surface area contributed by atoms with Gasteiger partial charge in [0.2, 0.25) is 0 Å². The van der Waals surface area contributed by atoms with Gasteiger partial charge in [0, 0.05) is 13.1 Å². The second-order valence-corrected chi connectivity index (χ2v) is 3.06. The molecule has 0 unspecified atom stereocenters. The zero-order valence-corrected chi connectivity index (χ0v) is 7.87. The van der Waals surface area contributed by atoms with Crippen LogP contribution in [-0.4, -0.2) is 37.0 Å². The molecule has 0 aromatic rings. The average Bonchev–Trinajstić information content (AvgIpc) is 2.15. The Morgan fingerprint density at radius 1 is 1.54 bits per heavy atom. The maximum absolute atomic E-state index is 11.3. The highest BCUT2D eigenvalue weighted by molar-refractivity contribution is 6.32. The van der Waals surface area contributed by atoms with E-state index < -0.39 is 11.9 Å². The van der Waals surface area contributed by atoms with Crippen LogP contribution in [0, 0.1) is 0 Å². The van der Waals surface area contributed by atoms with Gasteiger partial charge in [-0.2, -0.15) is 0 Å². The molecular formula is C9H13NO3. The Balaban J connectivity index is 2.59. The van der Waals surface area contributed by atoms with Crippen molar-refractivity contribution in [2.75, 3.05) is 20.2 Å². The van der Waals surface area contributed by atoms with Gasteiger partial charge >= 0.3 is 11.9 Å². The van der Waals surface area contributed by atoms with Crippen LogP contribution < -0.4 is 0 Å². The van der Waals surface area contributed by atoms with Crippen LogP contribution in [0.2, 0.25) is 0 Å². The zero-order valence-electron chi connectivity index (χ0n) is 7.87. The van der Waals surface area contributed by atoms with Crippen LogP contribution in [-0.2, 0) is 14.3 Å². The normalized spacial score (nSPS) is 16.5. The first-order valence-corrected chi connectivity index (χ1v) is 4.18. The van der Waals surface area contributed by atoms with Crippen molar-refractivity contribution in [1.82, 2.24) is 4.90 Å². The lowest BCUT2D eigenvalue weighted by molar-refractivity contribution is -0.158. The Bertz CT molecular complexity index is 258. The highest BCUT2D eigenvalue weighted by Crippen LogP contribution is 2.08. The number of hydrogen-bond donors (Lipinski definition) is 0. The highest BCUT2D eigenvalue weighted by Gasteiger charge is 2.23. The van der Waals surface area contributed by atoms with Gasteiger partial charge in [0.25, 0.3) is 0 Å². The molecule has 1 amide bonds. The number of rotatable bonds is 0. The summed E-state index contributed by atoms with van der Waals surface area (Å²) < 4.78 is 4.35. The van der Waals surface area contributed by atoms with E-state index in [1.165, 1.54) is 12.0 Å². The van der Waals surface area contributed by atoms with Gasteiger partial charge in [0.1, 0.15) is 0 Å². The third-order valence-corrected chi connectivity index (χ3v) is 1.98. The zero-order chi connectivity index (χ0) is 9.84. The number of esters is 1. The lowest BCUT2D eigenvalue weighted by Gasteiger charge is -2.24. The molecule has 0 fully saturated rings. The molecule has 0 radical (unpaired) electrons. The van der Waals surface area contributed by atoms with E-state index in [1.807, 2.05) is 6.92 Å². The Morgan fingerprint density at radius 2 is 2.23 bits per heavy atom. The Morgan fingerprint density at radius 3 is 2.77 bits per heavy atom. The molecule has 0 aromatic heterocycles. The van der Waals surface area contributed by atoms with Gasteiger partial charge in [-0.1, -0.05) is 11.6 Å². The van der Waals surface area contributed by atoms with Crippen molar-refractivity contribution in [3.63, 3.8) is 0 Å². The van der Waals surface area contributed by atoms with Crippen LogP contribution in [0.5, 0.6) is 0 Å². The molecule has 4 heteroatoms. The summed E-state index contributed by atoms with van der Waals surface area (Å²) in [6.07, 6.45) is 2.88. The first-order chi connectivity index (χ1) is 6.15. The predicted octanol–water partition coefficient (Wildman–Crippen LogP) is 0.338. The van der Waals surface area contributed by atoms with Gasteiger partial charge in [0.05, 0.1) is 7.11 Å². The average molecular weight is 183 g/mol. The highest BCUT2D eigenvalue weighted by atomic mass is 16.5.